The summed E-state index contributed by atoms with van der Waals surface area (Å²) in [5.74, 6) is 0.332. The predicted molar refractivity (Wildman–Crippen MR) is 93.6 cm³/mol. The Hall–Kier alpha value is 0.610. The molecule has 0 N–H and O–H groups in total. The molecule has 0 aliphatic carbocycles. The molecule has 0 fully saturated rings. The summed E-state index contributed by atoms with van der Waals surface area (Å²) in [6.45, 7) is 12.4. The summed E-state index contributed by atoms with van der Waals surface area (Å²) >= 11 is 2.24. The fraction of sp³-hybridized carbons (Fsp3) is 1.00. The molecule has 4 atom stereocenters. The highest BCUT2D eigenvalue weighted by atomic mass is 127. The van der Waals surface area contributed by atoms with Gasteiger partial charge in [-0.25, -0.2) is 0 Å². The molecule has 122 valence electrons. The van der Waals surface area contributed by atoms with Gasteiger partial charge >= 0.3 is 0 Å². The molecule has 0 radical (unpaired) electrons. The molecule has 0 saturated heterocycles. The lowest BCUT2D eigenvalue weighted by Gasteiger charge is -2.33. The van der Waals surface area contributed by atoms with Crippen molar-refractivity contribution in [3.05, 3.63) is 0 Å². The van der Waals surface area contributed by atoms with E-state index in [2.05, 4.69) is 57.2 Å². The van der Waals surface area contributed by atoms with E-state index < -0.39 is 0 Å². The van der Waals surface area contributed by atoms with Crippen LogP contribution in [0.25, 0.3) is 0 Å². The van der Waals surface area contributed by atoms with Crippen molar-refractivity contribution >= 4 is 22.6 Å². The van der Waals surface area contributed by atoms with E-state index in [1.165, 1.54) is 0 Å². The van der Waals surface area contributed by atoms with Crippen LogP contribution in [0.3, 0.4) is 0 Å². The van der Waals surface area contributed by atoms with Crippen LogP contribution in [0.5, 0.6) is 0 Å². The van der Waals surface area contributed by atoms with Gasteiger partial charge in [0.05, 0.1) is 22.9 Å². The predicted octanol–water partition coefficient (Wildman–Crippen LogP) is 4.81. The van der Waals surface area contributed by atoms with Crippen LogP contribution in [0.1, 0.15) is 60.3 Å². The maximum absolute atomic E-state index is 6.10. The number of ether oxygens (including phenoxy) is 3. The van der Waals surface area contributed by atoms with Gasteiger partial charge in [-0.15, -0.1) is 0 Å². The van der Waals surface area contributed by atoms with Crippen LogP contribution in [0, 0.1) is 5.92 Å². The molecule has 0 aromatic heterocycles. The SMILES string of the molecule is CCCCOC(C)C(OCCCC)[C@@H](C)C(C)OCI. The monoisotopic (exact) mass is 400 g/mol. The van der Waals surface area contributed by atoms with Gasteiger partial charge in [-0.2, -0.15) is 0 Å². The maximum Gasteiger partial charge on any atom is 0.0983 e. The molecule has 0 rings (SSSR count). The molecule has 0 aromatic carbocycles. The third kappa shape index (κ3) is 8.80. The normalized spacial score (nSPS) is 17.7. The summed E-state index contributed by atoms with van der Waals surface area (Å²) < 4.78 is 18.5. The van der Waals surface area contributed by atoms with E-state index in [9.17, 15) is 0 Å². The van der Waals surface area contributed by atoms with Gasteiger partial charge in [0, 0.05) is 19.1 Å². The van der Waals surface area contributed by atoms with Crippen LogP contribution in [0.15, 0.2) is 0 Å². The zero-order valence-corrected chi connectivity index (χ0v) is 16.0. The summed E-state index contributed by atoms with van der Waals surface area (Å²) in [5.41, 5.74) is 0. The largest absolute Gasteiger partial charge is 0.376 e. The van der Waals surface area contributed by atoms with Crippen molar-refractivity contribution < 1.29 is 14.2 Å². The molecule has 0 aliphatic heterocycles. The molecule has 0 aromatic rings. The van der Waals surface area contributed by atoms with E-state index in [-0.39, 0.29) is 18.3 Å². The highest BCUT2D eigenvalue weighted by Gasteiger charge is 2.29. The van der Waals surface area contributed by atoms with Gasteiger partial charge < -0.3 is 14.2 Å². The second kappa shape index (κ2) is 13.3. The van der Waals surface area contributed by atoms with Crippen molar-refractivity contribution in [2.45, 2.75) is 78.6 Å². The highest BCUT2D eigenvalue weighted by molar-refractivity contribution is 14.1. The lowest BCUT2D eigenvalue weighted by Crippen LogP contribution is -2.40. The van der Waals surface area contributed by atoms with E-state index in [4.69, 9.17) is 14.2 Å². The lowest BCUT2D eigenvalue weighted by molar-refractivity contribution is -0.113. The number of rotatable bonds is 13. The van der Waals surface area contributed by atoms with Crippen LogP contribution >= 0.6 is 22.6 Å². The number of unbranched alkanes of at least 4 members (excludes halogenated alkanes) is 2. The van der Waals surface area contributed by atoms with E-state index in [0.717, 1.165) is 43.5 Å². The summed E-state index contributed by atoms with van der Waals surface area (Å²) in [6, 6.07) is 0. The first-order valence-corrected chi connectivity index (χ1v) is 9.51. The van der Waals surface area contributed by atoms with E-state index in [0.29, 0.717) is 5.92 Å². The molecule has 3 unspecified atom stereocenters. The molecule has 20 heavy (non-hydrogen) atoms. The van der Waals surface area contributed by atoms with Crippen LogP contribution < -0.4 is 0 Å². The smallest absolute Gasteiger partial charge is 0.0983 e. The van der Waals surface area contributed by atoms with Crippen molar-refractivity contribution in [2.24, 2.45) is 5.92 Å². The molecule has 4 heteroatoms. The molecule has 0 heterocycles. The van der Waals surface area contributed by atoms with Crippen molar-refractivity contribution in [1.29, 1.82) is 0 Å². The van der Waals surface area contributed by atoms with E-state index in [1.54, 1.807) is 0 Å². The van der Waals surface area contributed by atoms with Crippen LogP contribution in [-0.4, -0.2) is 36.1 Å². The van der Waals surface area contributed by atoms with Crippen molar-refractivity contribution in [2.75, 3.05) is 17.8 Å². The second-order valence-electron chi connectivity index (χ2n) is 5.46. The van der Waals surface area contributed by atoms with Crippen LogP contribution in [0.2, 0.25) is 0 Å². The number of halogens is 1. The average molecular weight is 400 g/mol. The van der Waals surface area contributed by atoms with Gasteiger partial charge in [0.1, 0.15) is 0 Å². The first-order chi connectivity index (χ1) is 9.58. The summed E-state index contributed by atoms with van der Waals surface area (Å²) in [4.78, 5) is 0. The van der Waals surface area contributed by atoms with Gasteiger partial charge in [0.2, 0.25) is 0 Å². The van der Waals surface area contributed by atoms with Gasteiger partial charge in [-0.1, -0.05) is 56.2 Å². The zero-order valence-electron chi connectivity index (χ0n) is 13.9. The Labute approximate surface area is 139 Å². The molecule has 0 saturated carbocycles. The fourth-order valence-electron chi connectivity index (χ4n) is 2.11. The maximum atomic E-state index is 6.10. The van der Waals surface area contributed by atoms with E-state index >= 15 is 0 Å². The highest BCUT2D eigenvalue weighted by Crippen LogP contribution is 2.21. The fourth-order valence-corrected chi connectivity index (χ4v) is 2.67. The van der Waals surface area contributed by atoms with Crippen molar-refractivity contribution in [3.63, 3.8) is 0 Å². The number of hydrogen-bond acceptors (Lipinski definition) is 3. The minimum Gasteiger partial charge on any atom is -0.376 e. The molecular formula is C16H33IO3. The van der Waals surface area contributed by atoms with Gasteiger partial charge in [-0.05, 0) is 26.7 Å². The Balaban J connectivity index is 4.43. The Bertz CT molecular complexity index is 214. The Kier molecular flexibility index (Phi) is 13.7. The van der Waals surface area contributed by atoms with Crippen LogP contribution in [0.4, 0.5) is 0 Å². The lowest BCUT2D eigenvalue weighted by atomic mass is 9.95. The molecule has 0 bridgehead atoms. The number of alkyl halides is 1. The van der Waals surface area contributed by atoms with Gasteiger partial charge in [0.15, 0.2) is 0 Å². The Morgan fingerprint density at radius 2 is 1.35 bits per heavy atom. The molecule has 0 amide bonds. The third-order valence-corrected chi connectivity index (χ3v) is 4.09. The van der Waals surface area contributed by atoms with Gasteiger partial charge in [0.25, 0.3) is 0 Å². The first-order valence-electron chi connectivity index (χ1n) is 7.99. The minimum absolute atomic E-state index is 0.108. The Morgan fingerprint density at radius 3 is 1.85 bits per heavy atom. The first kappa shape index (κ1) is 20.6. The minimum atomic E-state index is 0.108. The van der Waals surface area contributed by atoms with Crippen LogP contribution in [-0.2, 0) is 14.2 Å². The van der Waals surface area contributed by atoms with Crippen molar-refractivity contribution in [3.8, 4) is 0 Å². The molecule has 0 aliphatic rings. The summed E-state index contributed by atoms with van der Waals surface area (Å²) in [7, 11) is 0. The Morgan fingerprint density at radius 1 is 0.800 bits per heavy atom. The summed E-state index contributed by atoms with van der Waals surface area (Å²) in [5, 5.41) is 0. The molecule has 3 nitrogen and oxygen atoms in total. The third-order valence-electron chi connectivity index (χ3n) is 3.73. The quantitative estimate of drug-likeness (QED) is 0.252. The molecule has 0 spiro atoms. The number of hydrogen-bond donors (Lipinski definition) is 0. The zero-order chi connectivity index (χ0) is 15.4. The van der Waals surface area contributed by atoms with Gasteiger partial charge in [-0.3, -0.25) is 0 Å². The standard InChI is InChI=1S/C16H33IO3/c1-6-8-10-18-15(5)16(19-11-9-7-2)13(3)14(4)20-12-17/h13-16H,6-12H2,1-5H3/t13-,14?,15?,16?/m0/s1. The average Bonchev–Trinajstić information content (AvgIpc) is 2.43. The van der Waals surface area contributed by atoms with Crippen molar-refractivity contribution in [1.82, 2.24) is 0 Å². The molecular weight excluding hydrogens is 367 g/mol. The topological polar surface area (TPSA) is 27.7 Å². The second-order valence-corrected chi connectivity index (χ2v) is 6.08. The summed E-state index contributed by atoms with van der Waals surface area (Å²) in [6.07, 6.45) is 4.96. The van der Waals surface area contributed by atoms with E-state index in [1.807, 2.05) is 0 Å².